The molecule has 1 amide bonds. The maximum atomic E-state index is 13.0. The monoisotopic (exact) mass is 352 g/mol. The smallest absolute Gasteiger partial charge is 0.328 e. The van der Waals surface area contributed by atoms with Crippen LogP contribution in [0.1, 0.15) is 16.1 Å². The molecule has 0 radical (unpaired) electrons. The van der Waals surface area contributed by atoms with E-state index in [0.29, 0.717) is 5.69 Å². The zero-order valence-corrected chi connectivity index (χ0v) is 14.1. The van der Waals surface area contributed by atoms with Crippen molar-refractivity contribution in [1.29, 1.82) is 0 Å². The zero-order valence-electron chi connectivity index (χ0n) is 14.1. The molecule has 1 heterocycles. The third-order valence-corrected chi connectivity index (χ3v) is 3.97. The molecule has 3 aromatic rings. The number of rotatable bonds is 5. The molecule has 0 fully saturated rings. The number of esters is 1. The number of hydrogen-bond donors (Lipinski definition) is 1. The summed E-state index contributed by atoms with van der Waals surface area (Å²) in [5, 5.41) is 3.61. The SMILES string of the molecule is COC(=O)[C@H](Cc1ccc2ccccc2n1)NC(=O)c1ccc(F)cc1. The summed E-state index contributed by atoms with van der Waals surface area (Å²) in [7, 11) is 1.26. The lowest BCUT2D eigenvalue weighted by Crippen LogP contribution is -2.43. The molecule has 0 saturated heterocycles. The Kier molecular flexibility index (Phi) is 5.22. The lowest BCUT2D eigenvalue weighted by atomic mass is 10.1. The minimum atomic E-state index is -0.897. The van der Waals surface area contributed by atoms with Crippen molar-refractivity contribution in [3.8, 4) is 0 Å². The number of amides is 1. The summed E-state index contributed by atoms with van der Waals surface area (Å²) in [4.78, 5) is 28.9. The van der Waals surface area contributed by atoms with Crippen LogP contribution in [0.25, 0.3) is 10.9 Å². The van der Waals surface area contributed by atoms with Crippen LogP contribution in [0.3, 0.4) is 0 Å². The van der Waals surface area contributed by atoms with E-state index < -0.39 is 23.7 Å². The van der Waals surface area contributed by atoms with Crippen LogP contribution in [0.2, 0.25) is 0 Å². The molecular weight excluding hydrogens is 335 g/mol. The van der Waals surface area contributed by atoms with Crippen LogP contribution in [-0.4, -0.2) is 30.0 Å². The quantitative estimate of drug-likeness (QED) is 0.717. The largest absolute Gasteiger partial charge is 0.467 e. The number of benzene rings is 2. The van der Waals surface area contributed by atoms with Gasteiger partial charge in [0, 0.05) is 23.1 Å². The Balaban J connectivity index is 1.79. The Morgan fingerprint density at radius 1 is 1.08 bits per heavy atom. The summed E-state index contributed by atoms with van der Waals surface area (Å²) >= 11 is 0. The van der Waals surface area contributed by atoms with Crippen molar-refractivity contribution < 1.29 is 18.7 Å². The number of nitrogens with one attached hydrogen (secondary N) is 1. The van der Waals surface area contributed by atoms with Gasteiger partial charge in [0.05, 0.1) is 12.6 Å². The third-order valence-electron chi connectivity index (χ3n) is 3.97. The van der Waals surface area contributed by atoms with E-state index in [1.807, 2.05) is 36.4 Å². The van der Waals surface area contributed by atoms with Crippen molar-refractivity contribution in [3.05, 3.63) is 77.7 Å². The van der Waals surface area contributed by atoms with E-state index in [9.17, 15) is 14.0 Å². The van der Waals surface area contributed by atoms with E-state index in [1.54, 1.807) is 0 Å². The predicted octanol–water partition coefficient (Wildman–Crippen LogP) is 2.89. The molecule has 1 N–H and O–H groups in total. The molecule has 0 unspecified atom stereocenters. The number of pyridine rings is 1. The van der Waals surface area contributed by atoms with Gasteiger partial charge in [0.2, 0.25) is 0 Å². The van der Waals surface area contributed by atoms with Gasteiger partial charge in [-0.15, -0.1) is 0 Å². The average molecular weight is 352 g/mol. The van der Waals surface area contributed by atoms with E-state index in [2.05, 4.69) is 10.3 Å². The summed E-state index contributed by atoms with van der Waals surface area (Å²) in [5.41, 5.74) is 1.71. The molecule has 26 heavy (non-hydrogen) atoms. The second-order valence-electron chi connectivity index (χ2n) is 5.76. The highest BCUT2D eigenvalue weighted by molar-refractivity contribution is 5.96. The van der Waals surface area contributed by atoms with Crippen LogP contribution in [0, 0.1) is 5.82 Å². The van der Waals surface area contributed by atoms with Gasteiger partial charge in [-0.25, -0.2) is 9.18 Å². The van der Waals surface area contributed by atoms with E-state index >= 15 is 0 Å². The van der Waals surface area contributed by atoms with Crippen LogP contribution >= 0.6 is 0 Å². The predicted molar refractivity (Wildman–Crippen MR) is 95.1 cm³/mol. The number of para-hydroxylation sites is 1. The molecule has 1 atom stereocenters. The van der Waals surface area contributed by atoms with Crippen molar-refractivity contribution in [2.24, 2.45) is 0 Å². The standard InChI is InChI=1S/C20H17FN2O3/c1-26-20(25)18(23-19(24)14-6-9-15(21)10-7-14)12-16-11-8-13-4-2-3-5-17(13)22-16/h2-11,18H,12H2,1H3,(H,23,24)/t18-/m0/s1. The second kappa shape index (κ2) is 7.74. The zero-order chi connectivity index (χ0) is 18.5. The van der Waals surface area contributed by atoms with Crippen molar-refractivity contribution in [2.75, 3.05) is 7.11 Å². The highest BCUT2D eigenvalue weighted by atomic mass is 19.1. The van der Waals surface area contributed by atoms with Gasteiger partial charge in [-0.1, -0.05) is 24.3 Å². The first-order valence-electron chi connectivity index (χ1n) is 8.06. The van der Waals surface area contributed by atoms with Crippen molar-refractivity contribution in [3.63, 3.8) is 0 Å². The Hall–Kier alpha value is -3.28. The van der Waals surface area contributed by atoms with Crippen molar-refractivity contribution in [2.45, 2.75) is 12.5 Å². The van der Waals surface area contributed by atoms with Gasteiger partial charge in [0.25, 0.3) is 5.91 Å². The fraction of sp³-hybridized carbons (Fsp3) is 0.150. The Morgan fingerprint density at radius 2 is 1.81 bits per heavy atom. The number of halogens is 1. The first-order valence-corrected chi connectivity index (χ1v) is 8.06. The molecule has 0 aliphatic rings. The third kappa shape index (κ3) is 4.03. The molecule has 0 aliphatic carbocycles. The van der Waals surface area contributed by atoms with Gasteiger partial charge in [-0.2, -0.15) is 0 Å². The lowest BCUT2D eigenvalue weighted by Gasteiger charge is -2.16. The molecule has 132 valence electrons. The number of ether oxygens (including phenoxy) is 1. The molecule has 3 rings (SSSR count). The number of carbonyl (C=O) groups excluding carboxylic acids is 2. The van der Waals surface area contributed by atoms with Crippen LogP contribution in [0.4, 0.5) is 4.39 Å². The molecule has 2 aromatic carbocycles. The molecular formula is C20H17FN2O3. The van der Waals surface area contributed by atoms with Crippen LogP contribution in [-0.2, 0) is 16.0 Å². The number of hydrogen-bond acceptors (Lipinski definition) is 4. The number of fused-ring (bicyclic) bond motifs is 1. The topological polar surface area (TPSA) is 68.3 Å². The molecule has 0 aliphatic heterocycles. The van der Waals surface area contributed by atoms with Gasteiger partial charge >= 0.3 is 5.97 Å². The van der Waals surface area contributed by atoms with Crippen molar-refractivity contribution >= 4 is 22.8 Å². The van der Waals surface area contributed by atoms with Crippen LogP contribution in [0.15, 0.2) is 60.7 Å². The molecule has 5 nitrogen and oxygen atoms in total. The van der Waals surface area contributed by atoms with E-state index in [0.717, 1.165) is 10.9 Å². The van der Waals surface area contributed by atoms with Crippen LogP contribution in [0.5, 0.6) is 0 Å². The summed E-state index contributed by atoms with van der Waals surface area (Å²) < 4.78 is 17.8. The van der Waals surface area contributed by atoms with Gasteiger partial charge in [-0.3, -0.25) is 9.78 Å². The molecule has 6 heteroatoms. The van der Waals surface area contributed by atoms with Gasteiger partial charge in [-0.05, 0) is 36.4 Å². The fourth-order valence-electron chi connectivity index (χ4n) is 2.61. The molecule has 0 saturated carbocycles. The maximum absolute atomic E-state index is 13.0. The fourth-order valence-corrected chi connectivity index (χ4v) is 2.61. The molecule has 1 aromatic heterocycles. The second-order valence-corrected chi connectivity index (χ2v) is 5.76. The Labute approximate surface area is 149 Å². The van der Waals surface area contributed by atoms with Gasteiger partial charge in [0.15, 0.2) is 0 Å². The lowest BCUT2D eigenvalue weighted by molar-refractivity contribution is -0.142. The summed E-state index contributed by atoms with van der Waals surface area (Å²) in [5.74, 6) is -1.50. The summed E-state index contributed by atoms with van der Waals surface area (Å²) in [6.45, 7) is 0. The number of carbonyl (C=O) groups is 2. The number of methoxy groups -OCH3 is 1. The maximum Gasteiger partial charge on any atom is 0.328 e. The minimum Gasteiger partial charge on any atom is -0.467 e. The highest BCUT2D eigenvalue weighted by Gasteiger charge is 2.23. The van der Waals surface area contributed by atoms with Gasteiger partial charge < -0.3 is 10.1 Å². The Morgan fingerprint density at radius 3 is 2.54 bits per heavy atom. The van der Waals surface area contributed by atoms with E-state index in [1.165, 1.54) is 31.4 Å². The average Bonchev–Trinajstić information content (AvgIpc) is 2.67. The van der Waals surface area contributed by atoms with Crippen LogP contribution < -0.4 is 5.32 Å². The number of nitrogens with zero attached hydrogens (tertiary/aromatic N) is 1. The Bertz CT molecular complexity index is 941. The van der Waals surface area contributed by atoms with E-state index in [-0.39, 0.29) is 12.0 Å². The highest BCUT2D eigenvalue weighted by Crippen LogP contribution is 2.13. The summed E-state index contributed by atoms with van der Waals surface area (Å²) in [6, 6.07) is 15.5. The normalized spacial score (nSPS) is 11.8. The molecule has 0 spiro atoms. The van der Waals surface area contributed by atoms with E-state index in [4.69, 9.17) is 4.74 Å². The summed E-state index contributed by atoms with van der Waals surface area (Å²) in [6.07, 6.45) is 0.185. The molecule has 0 bridgehead atoms. The number of aromatic nitrogens is 1. The van der Waals surface area contributed by atoms with Gasteiger partial charge in [0.1, 0.15) is 11.9 Å². The van der Waals surface area contributed by atoms with Crippen molar-refractivity contribution in [1.82, 2.24) is 10.3 Å². The first-order chi connectivity index (χ1) is 12.6. The minimum absolute atomic E-state index is 0.185. The first kappa shape index (κ1) is 17.5.